The van der Waals surface area contributed by atoms with Crippen LogP contribution < -0.4 is 4.90 Å². The second-order valence-electron chi connectivity index (χ2n) is 3.48. The number of fused-ring (bicyclic) bond motifs is 1. The summed E-state index contributed by atoms with van der Waals surface area (Å²) in [6, 6.07) is 8.13. The molecule has 0 fully saturated rings. The van der Waals surface area contributed by atoms with Gasteiger partial charge in [0.1, 0.15) is 0 Å². The third-order valence-electron chi connectivity index (χ3n) is 2.57. The molecule has 0 atom stereocenters. The minimum atomic E-state index is 0.757. The summed E-state index contributed by atoms with van der Waals surface area (Å²) >= 11 is 0. The van der Waals surface area contributed by atoms with Crippen LogP contribution in [0.5, 0.6) is 0 Å². The zero-order valence-corrected chi connectivity index (χ0v) is 7.75. The Hall–Kier alpha value is -1.49. The summed E-state index contributed by atoms with van der Waals surface area (Å²) in [5, 5.41) is 8.76. The van der Waals surface area contributed by atoms with Crippen molar-refractivity contribution >= 4 is 5.69 Å². The fraction of sp³-hybridized carbons (Fsp3) is 0.364. The molecular weight excluding hydrogens is 160 g/mol. The van der Waals surface area contributed by atoms with Crippen molar-refractivity contribution in [2.24, 2.45) is 0 Å². The minimum Gasteiger partial charge on any atom is -0.374 e. The molecule has 0 bridgehead atoms. The summed E-state index contributed by atoms with van der Waals surface area (Å²) in [5.41, 5.74) is 3.35. The molecule has 0 saturated carbocycles. The Balaban J connectivity index is 2.48. The predicted molar refractivity (Wildman–Crippen MR) is 52.7 cm³/mol. The van der Waals surface area contributed by atoms with Crippen molar-refractivity contribution < 1.29 is 0 Å². The monoisotopic (exact) mass is 172 g/mol. The summed E-state index contributed by atoms with van der Waals surface area (Å²) in [7, 11) is 2.08. The predicted octanol–water partition coefficient (Wildman–Crippen LogP) is 1.94. The number of rotatable bonds is 0. The molecule has 0 spiro atoms. The van der Waals surface area contributed by atoms with Crippen LogP contribution in [-0.4, -0.2) is 13.6 Å². The van der Waals surface area contributed by atoms with Crippen molar-refractivity contribution in [3.8, 4) is 6.07 Å². The molecule has 1 aromatic carbocycles. The van der Waals surface area contributed by atoms with Crippen LogP contribution in [-0.2, 0) is 6.42 Å². The zero-order valence-electron chi connectivity index (χ0n) is 7.75. The minimum absolute atomic E-state index is 0.757. The normalized spacial score (nSPS) is 14.9. The van der Waals surface area contributed by atoms with Gasteiger partial charge in [0.2, 0.25) is 0 Å². The molecule has 2 heteroatoms. The maximum Gasteiger partial charge on any atom is 0.0992 e. The van der Waals surface area contributed by atoms with Crippen LogP contribution >= 0.6 is 0 Å². The number of hydrogen-bond acceptors (Lipinski definition) is 2. The van der Waals surface area contributed by atoms with Gasteiger partial charge in [0.05, 0.1) is 11.6 Å². The van der Waals surface area contributed by atoms with Gasteiger partial charge in [0.15, 0.2) is 0 Å². The first-order valence-electron chi connectivity index (χ1n) is 4.55. The lowest BCUT2D eigenvalue weighted by Gasteiger charge is -2.27. The second-order valence-corrected chi connectivity index (χ2v) is 3.48. The first-order chi connectivity index (χ1) is 6.31. The molecule has 0 N–H and O–H groups in total. The molecule has 1 aromatic rings. The number of anilines is 1. The van der Waals surface area contributed by atoms with E-state index in [9.17, 15) is 0 Å². The fourth-order valence-corrected chi connectivity index (χ4v) is 1.83. The summed E-state index contributed by atoms with van der Waals surface area (Å²) in [6.45, 7) is 1.10. The van der Waals surface area contributed by atoms with Crippen molar-refractivity contribution in [2.75, 3.05) is 18.5 Å². The standard InChI is InChI=1S/C11H12N2/c1-13-6-2-3-10-5-4-9(8-12)7-11(10)13/h4-5,7H,2-3,6H2,1H3. The van der Waals surface area contributed by atoms with Gasteiger partial charge in [-0.2, -0.15) is 5.26 Å². The highest BCUT2D eigenvalue weighted by atomic mass is 15.1. The van der Waals surface area contributed by atoms with Crippen LogP contribution in [0.15, 0.2) is 18.2 Å². The lowest BCUT2D eigenvalue weighted by Crippen LogP contribution is -2.24. The van der Waals surface area contributed by atoms with E-state index in [-0.39, 0.29) is 0 Å². The van der Waals surface area contributed by atoms with E-state index < -0.39 is 0 Å². The van der Waals surface area contributed by atoms with Gasteiger partial charge in [-0.05, 0) is 30.5 Å². The van der Waals surface area contributed by atoms with Crippen LogP contribution in [0.3, 0.4) is 0 Å². The van der Waals surface area contributed by atoms with Crippen molar-refractivity contribution in [3.05, 3.63) is 29.3 Å². The van der Waals surface area contributed by atoms with Gasteiger partial charge in [-0.15, -0.1) is 0 Å². The Morgan fingerprint density at radius 3 is 3.08 bits per heavy atom. The Bertz CT molecular complexity index is 363. The van der Waals surface area contributed by atoms with E-state index in [0.29, 0.717) is 0 Å². The SMILES string of the molecule is CN1CCCc2ccc(C#N)cc21. The van der Waals surface area contributed by atoms with Gasteiger partial charge in [0, 0.05) is 19.3 Å². The van der Waals surface area contributed by atoms with E-state index in [4.69, 9.17) is 5.26 Å². The second kappa shape index (κ2) is 3.10. The molecule has 2 nitrogen and oxygen atoms in total. The highest BCUT2D eigenvalue weighted by molar-refractivity contribution is 5.58. The molecule has 66 valence electrons. The molecule has 1 aliphatic heterocycles. The van der Waals surface area contributed by atoms with Crippen molar-refractivity contribution in [1.29, 1.82) is 5.26 Å². The smallest absolute Gasteiger partial charge is 0.0992 e. The van der Waals surface area contributed by atoms with Crippen LogP contribution in [0.4, 0.5) is 5.69 Å². The third kappa shape index (κ3) is 1.38. The first-order valence-corrected chi connectivity index (χ1v) is 4.55. The summed E-state index contributed by atoms with van der Waals surface area (Å²) in [6.07, 6.45) is 2.36. The van der Waals surface area contributed by atoms with Crippen molar-refractivity contribution in [3.63, 3.8) is 0 Å². The van der Waals surface area contributed by atoms with Gasteiger partial charge in [-0.25, -0.2) is 0 Å². The largest absolute Gasteiger partial charge is 0.374 e. The lowest BCUT2D eigenvalue weighted by atomic mass is 10.0. The van der Waals surface area contributed by atoms with Gasteiger partial charge < -0.3 is 4.90 Å². The highest BCUT2D eigenvalue weighted by Crippen LogP contribution is 2.26. The van der Waals surface area contributed by atoms with Crippen molar-refractivity contribution in [2.45, 2.75) is 12.8 Å². The zero-order chi connectivity index (χ0) is 9.26. The third-order valence-corrected chi connectivity index (χ3v) is 2.57. The van der Waals surface area contributed by atoms with Gasteiger partial charge >= 0.3 is 0 Å². The molecule has 0 saturated heterocycles. The Labute approximate surface area is 78.4 Å². The molecule has 13 heavy (non-hydrogen) atoms. The van der Waals surface area contributed by atoms with E-state index >= 15 is 0 Å². The molecule has 0 aromatic heterocycles. The summed E-state index contributed by atoms with van der Waals surface area (Å²) in [5.74, 6) is 0. The number of nitriles is 1. The average Bonchev–Trinajstić information content (AvgIpc) is 2.18. The number of aryl methyl sites for hydroxylation is 1. The van der Waals surface area contributed by atoms with Gasteiger partial charge in [-0.3, -0.25) is 0 Å². The average molecular weight is 172 g/mol. The van der Waals surface area contributed by atoms with Crippen LogP contribution in [0, 0.1) is 11.3 Å². The highest BCUT2D eigenvalue weighted by Gasteiger charge is 2.13. The van der Waals surface area contributed by atoms with E-state index in [1.807, 2.05) is 12.1 Å². The van der Waals surface area contributed by atoms with E-state index in [1.165, 1.54) is 17.7 Å². The summed E-state index contributed by atoms with van der Waals surface area (Å²) < 4.78 is 0. The quantitative estimate of drug-likeness (QED) is 0.598. The first kappa shape index (κ1) is 8.12. The van der Waals surface area contributed by atoms with E-state index in [0.717, 1.165) is 18.5 Å². The number of hydrogen-bond donors (Lipinski definition) is 0. The van der Waals surface area contributed by atoms with Gasteiger partial charge in [-0.1, -0.05) is 6.07 Å². The number of nitrogens with zero attached hydrogens (tertiary/aromatic N) is 2. The van der Waals surface area contributed by atoms with E-state index in [1.54, 1.807) is 0 Å². The molecule has 0 amide bonds. The van der Waals surface area contributed by atoms with Crippen LogP contribution in [0.1, 0.15) is 17.5 Å². The number of benzene rings is 1. The van der Waals surface area contributed by atoms with E-state index in [2.05, 4.69) is 24.1 Å². The molecule has 1 aliphatic rings. The Morgan fingerprint density at radius 2 is 2.31 bits per heavy atom. The van der Waals surface area contributed by atoms with Gasteiger partial charge in [0.25, 0.3) is 0 Å². The molecule has 1 heterocycles. The topological polar surface area (TPSA) is 27.0 Å². The van der Waals surface area contributed by atoms with Crippen LogP contribution in [0.2, 0.25) is 0 Å². The lowest BCUT2D eigenvalue weighted by molar-refractivity contribution is 0.744. The molecule has 0 unspecified atom stereocenters. The Morgan fingerprint density at radius 1 is 1.46 bits per heavy atom. The molecular formula is C11H12N2. The maximum atomic E-state index is 8.76. The molecule has 2 rings (SSSR count). The molecule has 0 radical (unpaired) electrons. The molecule has 0 aliphatic carbocycles. The van der Waals surface area contributed by atoms with Crippen molar-refractivity contribution in [1.82, 2.24) is 0 Å². The van der Waals surface area contributed by atoms with Crippen LogP contribution in [0.25, 0.3) is 0 Å². The maximum absolute atomic E-state index is 8.76. The Kier molecular flexibility index (Phi) is 1.94. The summed E-state index contributed by atoms with van der Waals surface area (Å²) in [4.78, 5) is 2.22. The fourth-order valence-electron chi connectivity index (χ4n) is 1.83.